The van der Waals surface area contributed by atoms with Crippen LogP contribution < -0.4 is 10.6 Å². The third kappa shape index (κ3) is 2.49. The Morgan fingerprint density at radius 2 is 1.95 bits per heavy atom. The van der Waals surface area contributed by atoms with Gasteiger partial charge in [0, 0.05) is 22.9 Å². The lowest BCUT2D eigenvalue weighted by Crippen LogP contribution is -2.39. The molecule has 1 aromatic heterocycles. The Morgan fingerprint density at radius 1 is 1.25 bits per heavy atom. The summed E-state index contributed by atoms with van der Waals surface area (Å²) in [4.78, 5) is 6.88. The van der Waals surface area contributed by atoms with Gasteiger partial charge in [0.1, 0.15) is 0 Å². The van der Waals surface area contributed by atoms with Gasteiger partial charge in [-0.1, -0.05) is 29.8 Å². The van der Waals surface area contributed by atoms with Crippen LogP contribution in [0.3, 0.4) is 0 Å². The molecule has 106 valence electrons. The zero-order chi connectivity index (χ0) is 14.3. The van der Waals surface area contributed by atoms with Crippen LogP contribution in [-0.4, -0.2) is 18.1 Å². The molecule has 1 aromatic carbocycles. The first-order valence-electron chi connectivity index (χ1n) is 7.13. The molecule has 2 heterocycles. The fourth-order valence-electron chi connectivity index (χ4n) is 3.36. The van der Waals surface area contributed by atoms with Crippen molar-refractivity contribution in [2.24, 2.45) is 11.8 Å². The summed E-state index contributed by atoms with van der Waals surface area (Å²) in [7, 11) is 0. The number of benzene rings is 1. The molecule has 2 unspecified atom stereocenters. The molecule has 2 N–H and O–H groups in total. The van der Waals surface area contributed by atoms with Crippen LogP contribution in [0.5, 0.6) is 0 Å². The van der Waals surface area contributed by atoms with Gasteiger partial charge < -0.3 is 10.6 Å². The highest BCUT2D eigenvalue weighted by molar-refractivity contribution is 9.10. The zero-order valence-electron chi connectivity index (χ0n) is 11.9. The number of rotatable bonds is 1. The Kier molecular flexibility index (Phi) is 3.59. The van der Waals surface area contributed by atoms with Crippen LogP contribution in [0.2, 0.25) is 0 Å². The maximum absolute atomic E-state index is 6.24. The normalized spacial score (nSPS) is 23.2. The Morgan fingerprint density at radius 3 is 2.65 bits per heavy atom. The third-order valence-electron chi connectivity index (χ3n) is 4.01. The molecule has 3 rings (SSSR count). The van der Waals surface area contributed by atoms with E-state index in [1.165, 1.54) is 6.42 Å². The zero-order valence-corrected chi connectivity index (χ0v) is 13.5. The van der Waals surface area contributed by atoms with Crippen LogP contribution in [0.1, 0.15) is 20.3 Å². The standard InChI is InChI=1S/C16H20BrN3/c1-10-5-11(2)9-20(8-10)16-13-6-12(17)3-4-15(13)19-7-14(16)18/h3-4,6-7,10-11H,5,8-9,18H2,1-2H3. The van der Waals surface area contributed by atoms with Crippen molar-refractivity contribution in [2.75, 3.05) is 23.7 Å². The van der Waals surface area contributed by atoms with Gasteiger partial charge in [-0.15, -0.1) is 0 Å². The van der Waals surface area contributed by atoms with Crippen molar-refractivity contribution < 1.29 is 0 Å². The molecule has 0 spiro atoms. The van der Waals surface area contributed by atoms with Crippen molar-refractivity contribution in [2.45, 2.75) is 20.3 Å². The number of anilines is 2. The van der Waals surface area contributed by atoms with Crippen molar-refractivity contribution in [1.29, 1.82) is 0 Å². The molecule has 2 aromatic rings. The maximum Gasteiger partial charge on any atom is 0.0745 e. The minimum absolute atomic E-state index is 0.702. The Bertz CT molecular complexity index is 626. The first-order valence-corrected chi connectivity index (χ1v) is 7.92. The number of halogens is 1. The minimum atomic E-state index is 0.702. The van der Waals surface area contributed by atoms with Crippen molar-refractivity contribution in [3.8, 4) is 0 Å². The third-order valence-corrected chi connectivity index (χ3v) is 4.51. The largest absolute Gasteiger partial charge is 0.396 e. The van der Waals surface area contributed by atoms with E-state index >= 15 is 0 Å². The fraction of sp³-hybridized carbons (Fsp3) is 0.438. The van der Waals surface area contributed by atoms with E-state index in [2.05, 4.69) is 45.7 Å². The number of aromatic nitrogens is 1. The monoisotopic (exact) mass is 333 g/mol. The second-order valence-corrected chi connectivity index (χ2v) is 6.99. The summed E-state index contributed by atoms with van der Waals surface area (Å²) in [5, 5.41) is 1.14. The van der Waals surface area contributed by atoms with Gasteiger partial charge in [0.05, 0.1) is 23.1 Å². The van der Waals surface area contributed by atoms with Gasteiger partial charge in [0.2, 0.25) is 0 Å². The summed E-state index contributed by atoms with van der Waals surface area (Å²) in [5.74, 6) is 1.40. The van der Waals surface area contributed by atoms with Gasteiger partial charge in [-0.25, -0.2) is 0 Å². The molecular weight excluding hydrogens is 314 g/mol. The summed E-state index contributed by atoms with van der Waals surface area (Å²) in [6, 6.07) is 6.19. The highest BCUT2D eigenvalue weighted by Gasteiger charge is 2.24. The lowest BCUT2D eigenvalue weighted by molar-refractivity contribution is 0.357. The van der Waals surface area contributed by atoms with Crippen LogP contribution >= 0.6 is 15.9 Å². The molecular formula is C16H20BrN3. The lowest BCUT2D eigenvalue weighted by atomic mass is 9.91. The molecule has 2 atom stereocenters. The molecule has 0 aliphatic carbocycles. The van der Waals surface area contributed by atoms with Crippen molar-refractivity contribution in [3.63, 3.8) is 0 Å². The van der Waals surface area contributed by atoms with E-state index in [4.69, 9.17) is 5.73 Å². The van der Waals surface area contributed by atoms with Gasteiger partial charge in [0.15, 0.2) is 0 Å². The van der Waals surface area contributed by atoms with Gasteiger partial charge in [0.25, 0.3) is 0 Å². The van der Waals surface area contributed by atoms with E-state index < -0.39 is 0 Å². The SMILES string of the molecule is CC1CC(C)CN(c2c(N)cnc3ccc(Br)cc23)C1. The van der Waals surface area contributed by atoms with Crippen molar-refractivity contribution in [1.82, 2.24) is 4.98 Å². The highest BCUT2D eigenvalue weighted by Crippen LogP contribution is 2.36. The van der Waals surface area contributed by atoms with E-state index in [0.717, 1.165) is 39.8 Å². The van der Waals surface area contributed by atoms with Gasteiger partial charge in [-0.3, -0.25) is 4.98 Å². The fourth-order valence-corrected chi connectivity index (χ4v) is 3.73. The molecule has 1 saturated heterocycles. The molecule has 1 fully saturated rings. The van der Waals surface area contributed by atoms with Crippen LogP contribution in [-0.2, 0) is 0 Å². The lowest BCUT2D eigenvalue weighted by Gasteiger charge is -2.37. The minimum Gasteiger partial charge on any atom is -0.396 e. The molecule has 0 bridgehead atoms. The Hall–Kier alpha value is -1.29. The van der Waals surface area contributed by atoms with E-state index in [9.17, 15) is 0 Å². The van der Waals surface area contributed by atoms with Crippen molar-refractivity contribution >= 4 is 38.2 Å². The summed E-state index contributed by atoms with van der Waals surface area (Å²) in [5.41, 5.74) is 9.16. The molecule has 20 heavy (non-hydrogen) atoms. The predicted octanol–water partition coefficient (Wildman–Crippen LogP) is 4.06. The highest BCUT2D eigenvalue weighted by atomic mass is 79.9. The summed E-state index contributed by atoms with van der Waals surface area (Å²) in [6.07, 6.45) is 3.08. The number of piperidine rings is 1. The number of hydrogen-bond acceptors (Lipinski definition) is 3. The molecule has 1 aliphatic heterocycles. The number of hydrogen-bond donors (Lipinski definition) is 1. The van der Waals surface area contributed by atoms with Gasteiger partial charge in [-0.2, -0.15) is 0 Å². The smallest absolute Gasteiger partial charge is 0.0745 e. The van der Waals surface area contributed by atoms with E-state index in [-0.39, 0.29) is 0 Å². The topological polar surface area (TPSA) is 42.1 Å². The van der Waals surface area contributed by atoms with Crippen LogP contribution in [0.4, 0.5) is 11.4 Å². The number of nitrogens with zero attached hydrogens (tertiary/aromatic N) is 2. The average molecular weight is 334 g/mol. The molecule has 0 amide bonds. The van der Waals surface area contributed by atoms with Gasteiger partial charge >= 0.3 is 0 Å². The number of nitrogens with two attached hydrogens (primary N) is 1. The summed E-state index contributed by atoms with van der Waals surface area (Å²) in [6.45, 7) is 6.77. The van der Waals surface area contributed by atoms with Crippen LogP contribution in [0.25, 0.3) is 10.9 Å². The molecule has 0 radical (unpaired) electrons. The number of nitrogen functional groups attached to an aromatic ring is 1. The first kappa shape index (κ1) is 13.7. The molecule has 3 nitrogen and oxygen atoms in total. The molecule has 0 saturated carbocycles. The predicted molar refractivity (Wildman–Crippen MR) is 89.0 cm³/mol. The number of fused-ring (bicyclic) bond motifs is 1. The van der Waals surface area contributed by atoms with E-state index in [0.29, 0.717) is 11.8 Å². The maximum atomic E-state index is 6.24. The second-order valence-electron chi connectivity index (χ2n) is 6.07. The Labute approximate surface area is 128 Å². The molecule has 4 heteroatoms. The Balaban J connectivity index is 2.14. The van der Waals surface area contributed by atoms with E-state index in [1.807, 2.05) is 12.1 Å². The van der Waals surface area contributed by atoms with Crippen LogP contribution in [0.15, 0.2) is 28.9 Å². The summed E-state index contributed by atoms with van der Waals surface area (Å²) < 4.78 is 1.07. The molecule has 1 aliphatic rings. The van der Waals surface area contributed by atoms with E-state index in [1.54, 1.807) is 6.20 Å². The van der Waals surface area contributed by atoms with Gasteiger partial charge in [-0.05, 0) is 36.5 Å². The van der Waals surface area contributed by atoms with Crippen LogP contribution in [0, 0.1) is 11.8 Å². The summed E-state index contributed by atoms with van der Waals surface area (Å²) >= 11 is 3.55. The van der Waals surface area contributed by atoms with Crippen molar-refractivity contribution in [3.05, 3.63) is 28.9 Å². The second kappa shape index (κ2) is 5.24. The average Bonchev–Trinajstić information content (AvgIpc) is 2.37. The number of pyridine rings is 1. The quantitative estimate of drug-likeness (QED) is 0.855. The first-order chi connectivity index (χ1) is 9.54.